The van der Waals surface area contributed by atoms with Crippen LogP contribution in [0.5, 0.6) is 11.5 Å². The van der Waals surface area contributed by atoms with Gasteiger partial charge in [0.15, 0.2) is 11.7 Å². The molecule has 0 aliphatic carbocycles. The van der Waals surface area contributed by atoms with E-state index >= 15 is 0 Å². The molecule has 0 saturated carbocycles. The predicted octanol–water partition coefficient (Wildman–Crippen LogP) is -0.808. The lowest BCUT2D eigenvalue weighted by Gasteiger charge is -2.39. The van der Waals surface area contributed by atoms with Crippen LogP contribution in [0.25, 0.3) is 11.0 Å². The molecule has 0 radical (unpaired) electrons. The minimum absolute atomic E-state index is 0.100. The van der Waals surface area contributed by atoms with Gasteiger partial charge in [-0.05, 0) is 13.8 Å². The number of hydrogen-bond acceptors (Lipinski definition) is 11. The molecule has 1 aromatic carbocycles. The Labute approximate surface area is 188 Å². The van der Waals surface area contributed by atoms with Crippen molar-refractivity contribution in [1.29, 1.82) is 0 Å². The summed E-state index contributed by atoms with van der Waals surface area (Å²) < 4.78 is 27.9. The fourth-order valence-corrected chi connectivity index (χ4v) is 4.09. The fourth-order valence-electron chi connectivity index (χ4n) is 4.09. The first-order chi connectivity index (χ1) is 15.5. The smallest absolute Gasteiger partial charge is 0.196 e. The first-order valence-electron chi connectivity index (χ1n) is 10.5. The largest absolute Gasteiger partial charge is 0.495 e. The van der Waals surface area contributed by atoms with Crippen LogP contribution in [-0.2, 0) is 22.5 Å². The summed E-state index contributed by atoms with van der Waals surface area (Å²) in [7, 11) is 1.43. The Kier molecular flexibility index (Phi) is 6.40. The molecule has 0 bridgehead atoms. The molecule has 4 rings (SSSR count). The molecule has 1 saturated heterocycles. The Morgan fingerprint density at radius 2 is 1.88 bits per heavy atom. The molecule has 2 aliphatic heterocycles. The molecule has 0 unspecified atom stereocenters. The van der Waals surface area contributed by atoms with Crippen molar-refractivity contribution in [1.82, 2.24) is 0 Å². The molecule has 1 aromatic heterocycles. The van der Waals surface area contributed by atoms with Crippen molar-refractivity contribution < 1.29 is 48.9 Å². The zero-order chi connectivity index (χ0) is 24.1. The second kappa shape index (κ2) is 8.84. The lowest BCUT2D eigenvalue weighted by Crippen LogP contribution is -2.59. The van der Waals surface area contributed by atoms with E-state index in [2.05, 4.69) is 0 Å². The molecule has 5 N–H and O–H groups in total. The van der Waals surface area contributed by atoms with Crippen LogP contribution in [-0.4, -0.2) is 81.7 Å². The summed E-state index contributed by atoms with van der Waals surface area (Å²) in [4.78, 5) is 12.9. The first-order valence-corrected chi connectivity index (χ1v) is 10.5. The molecule has 2 aliphatic rings. The molecule has 2 aromatic rings. The van der Waals surface area contributed by atoms with Gasteiger partial charge >= 0.3 is 0 Å². The molecule has 33 heavy (non-hydrogen) atoms. The summed E-state index contributed by atoms with van der Waals surface area (Å²) >= 11 is 0. The molecule has 11 heteroatoms. The predicted molar refractivity (Wildman–Crippen MR) is 112 cm³/mol. The van der Waals surface area contributed by atoms with Gasteiger partial charge in [0, 0.05) is 24.1 Å². The van der Waals surface area contributed by atoms with Gasteiger partial charge in [-0.1, -0.05) is 0 Å². The van der Waals surface area contributed by atoms with Gasteiger partial charge in [-0.15, -0.1) is 0 Å². The number of benzene rings is 1. The van der Waals surface area contributed by atoms with Crippen LogP contribution in [0.2, 0.25) is 0 Å². The first kappa shape index (κ1) is 23.9. The van der Waals surface area contributed by atoms with E-state index in [4.69, 9.17) is 23.4 Å². The van der Waals surface area contributed by atoms with Gasteiger partial charge < -0.3 is 48.9 Å². The highest BCUT2D eigenvalue weighted by atomic mass is 16.7. The average Bonchev–Trinajstić information content (AvgIpc) is 3.20. The third kappa shape index (κ3) is 4.33. The Hall–Kier alpha value is -2.25. The number of aliphatic hydroxyl groups excluding tert-OH is 4. The average molecular weight is 468 g/mol. The molecule has 1 fully saturated rings. The highest BCUT2D eigenvalue weighted by Crippen LogP contribution is 2.43. The molecular formula is C22H28O11. The number of fused-ring (bicyclic) bond motifs is 2. The third-order valence-corrected chi connectivity index (χ3v) is 5.98. The Morgan fingerprint density at radius 3 is 2.52 bits per heavy atom. The minimum Gasteiger partial charge on any atom is -0.495 e. The number of ether oxygens (including phenoxy) is 4. The Morgan fingerprint density at radius 1 is 1.15 bits per heavy atom. The van der Waals surface area contributed by atoms with Crippen LogP contribution in [0.15, 0.2) is 21.3 Å². The van der Waals surface area contributed by atoms with Gasteiger partial charge in [0.25, 0.3) is 0 Å². The summed E-state index contributed by atoms with van der Waals surface area (Å²) in [6.07, 6.45) is -7.33. The summed E-state index contributed by atoms with van der Waals surface area (Å²) in [5.41, 5.74) is -0.662. The van der Waals surface area contributed by atoms with Crippen molar-refractivity contribution in [3.63, 3.8) is 0 Å². The van der Waals surface area contributed by atoms with Crippen molar-refractivity contribution in [2.75, 3.05) is 13.7 Å². The summed E-state index contributed by atoms with van der Waals surface area (Å²) in [6, 6.07) is 2.77. The van der Waals surface area contributed by atoms with E-state index in [0.717, 1.165) is 0 Å². The van der Waals surface area contributed by atoms with Gasteiger partial charge in [-0.2, -0.15) is 0 Å². The minimum atomic E-state index is -1.59. The summed E-state index contributed by atoms with van der Waals surface area (Å²) in [5.74, 6) is 0.842. The van der Waals surface area contributed by atoms with E-state index in [1.54, 1.807) is 19.9 Å². The Balaban J connectivity index is 1.61. The molecule has 0 spiro atoms. The third-order valence-electron chi connectivity index (χ3n) is 5.98. The van der Waals surface area contributed by atoms with E-state index in [9.17, 15) is 30.3 Å². The quantitative estimate of drug-likeness (QED) is 0.360. The summed E-state index contributed by atoms with van der Waals surface area (Å²) in [5, 5.41) is 49.7. The maximum absolute atomic E-state index is 12.9. The van der Waals surface area contributed by atoms with Crippen molar-refractivity contribution in [2.45, 2.75) is 69.3 Å². The number of aliphatic hydroxyl groups is 5. The SMILES string of the molecule is COc1c2c(cc3oc(CO[C@@H]4O[C@H](CO)[C@@H](O)[C@H](O)[C@H]4O)cc(=O)c13)O[C@@H](C(C)(C)O)C2. The molecule has 6 atom stereocenters. The van der Waals surface area contributed by atoms with Crippen molar-refractivity contribution in [3.8, 4) is 11.5 Å². The standard InChI is InChI=1S/C22H28O11/c1-22(2,28)15-5-10-12(32-15)6-13-16(20(10)29-3)11(24)4-9(31-13)8-30-21-19(27)18(26)17(25)14(7-23)33-21/h4,6,14-15,17-19,21,23,25-28H,5,7-8H2,1-3H3/t14-,15-,17-,18+,19-,21-/m1/s1. The van der Waals surface area contributed by atoms with E-state index in [1.807, 2.05) is 0 Å². The van der Waals surface area contributed by atoms with Crippen LogP contribution in [0.1, 0.15) is 25.2 Å². The van der Waals surface area contributed by atoms with Crippen molar-refractivity contribution in [3.05, 3.63) is 33.7 Å². The maximum Gasteiger partial charge on any atom is 0.196 e. The number of rotatable bonds is 6. The zero-order valence-electron chi connectivity index (χ0n) is 18.4. The van der Waals surface area contributed by atoms with Crippen LogP contribution < -0.4 is 14.9 Å². The van der Waals surface area contributed by atoms with Crippen molar-refractivity contribution in [2.24, 2.45) is 0 Å². The molecule has 3 heterocycles. The van der Waals surface area contributed by atoms with Crippen LogP contribution in [0, 0.1) is 0 Å². The maximum atomic E-state index is 12.9. The second-order valence-electron chi connectivity index (χ2n) is 8.81. The van der Waals surface area contributed by atoms with E-state index in [0.29, 0.717) is 23.5 Å². The van der Waals surface area contributed by atoms with E-state index < -0.39 is 54.4 Å². The van der Waals surface area contributed by atoms with Crippen molar-refractivity contribution >= 4 is 11.0 Å². The molecule has 182 valence electrons. The molecular weight excluding hydrogens is 440 g/mol. The molecule has 0 amide bonds. The summed E-state index contributed by atoms with van der Waals surface area (Å²) in [6.45, 7) is 2.37. The number of hydrogen-bond donors (Lipinski definition) is 5. The lowest BCUT2D eigenvalue weighted by molar-refractivity contribution is -0.304. The van der Waals surface area contributed by atoms with Crippen LogP contribution >= 0.6 is 0 Å². The van der Waals surface area contributed by atoms with E-state index in [1.165, 1.54) is 13.2 Å². The Bertz CT molecular complexity index is 1070. The second-order valence-corrected chi connectivity index (χ2v) is 8.81. The zero-order valence-corrected chi connectivity index (χ0v) is 18.4. The van der Waals surface area contributed by atoms with Gasteiger partial charge in [-0.3, -0.25) is 4.79 Å². The van der Waals surface area contributed by atoms with Gasteiger partial charge in [-0.25, -0.2) is 0 Å². The lowest BCUT2D eigenvalue weighted by atomic mass is 9.96. The van der Waals surface area contributed by atoms with Gasteiger partial charge in [0.2, 0.25) is 0 Å². The normalized spacial score (nSPS) is 29.7. The highest BCUT2D eigenvalue weighted by molar-refractivity contribution is 5.87. The molecule has 11 nitrogen and oxygen atoms in total. The van der Waals surface area contributed by atoms with E-state index in [-0.39, 0.29) is 23.3 Å². The van der Waals surface area contributed by atoms with Crippen LogP contribution in [0.3, 0.4) is 0 Å². The van der Waals surface area contributed by atoms with Crippen LogP contribution in [0.4, 0.5) is 0 Å². The number of methoxy groups -OCH3 is 1. The van der Waals surface area contributed by atoms with Gasteiger partial charge in [0.05, 0.1) is 19.3 Å². The highest BCUT2D eigenvalue weighted by Gasteiger charge is 2.44. The monoisotopic (exact) mass is 468 g/mol. The topological polar surface area (TPSA) is 168 Å². The van der Waals surface area contributed by atoms with Gasteiger partial charge in [0.1, 0.15) is 65.4 Å². The fraction of sp³-hybridized carbons (Fsp3) is 0.591.